The van der Waals surface area contributed by atoms with Crippen molar-refractivity contribution in [3.8, 4) is 5.88 Å². The first-order chi connectivity index (χ1) is 7.88. The Kier molecular flexibility index (Phi) is 2.01. The monoisotopic (exact) mass is 214 g/mol. The number of aliphatic hydroxyl groups is 1. The molecule has 1 N–H and O–H groups in total. The van der Waals surface area contributed by atoms with Crippen LogP contribution in [0.25, 0.3) is 16.9 Å². The highest BCUT2D eigenvalue weighted by Gasteiger charge is 2.07. The standard InChI is InChI=1S/C12H10N2O2/c15-7-9-5-6-12(16-9)14-8-13-10-3-1-2-4-11(10)14/h1-6,8,15H,7H2. The topological polar surface area (TPSA) is 51.2 Å². The lowest BCUT2D eigenvalue weighted by Gasteiger charge is -1.98. The largest absolute Gasteiger partial charge is 0.442 e. The van der Waals surface area contributed by atoms with Gasteiger partial charge in [-0.05, 0) is 18.2 Å². The zero-order valence-electron chi connectivity index (χ0n) is 8.50. The number of aliphatic hydroxyl groups excluding tert-OH is 1. The van der Waals surface area contributed by atoms with Gasteiger partial charge >= 0.3 is 0 Å². The molecule has 0 aliphatic heterocycles. The molecule has 80 valence electrons. The number of aromatic nitrogens is 2. The lowest BCUT2D eigenvalue weighted by atomic mass is 10.3. The first-order valence-electron chi connectivity index (χ1n) is 5.00. The third-order valence-corrected chi connectivity index (χ3v) is 2.49. The molecule has 3 aromatic rings. The van der Waals surface area contributed by atoms with Crippen LogP contribution in [-0.2, 0) is 6.61 Å². The van der Waals surface area contributed by atoms with Crippen LogP contribution in [0.1, 0.15) is 5.76 Å². The Balaban J connectivity index is 2.18. The molecule has 3 rings (SSSR count). The molecule has 2 aromatic heterocycles. The van der Waals surface area contributed by atoms with Gasteiger partial charge < -0.3 is 9.52 Å². The van der Waals surface area contributed by atoms with Crippen LogP contribution >= 0.6 is 0 Å². The zero-order chi connectivity index (χ0) is 11.0. The lowest BCUT2D eigenvalue weighted by Crippen LogP contribution is -1.88. The van der Waals surface area contributed by atoms with Gasteiger partial charge in [-0.25, -0.2) is 4.98 Å². The first kappa shape index (κ1) is 9.18. The van der Waals surface area contributed by atoms with Crippen LogP contribution in [0.3, 0.4) is 0 Å². The second-order valence-electron chi connectivity index (χ2n) is 3.50. The normalized spacial score (nSPS) is 11.1. The van der Waals surface area contributed by atoms with Gasteiger partial charge in [-0.1, -0.05) is 12.1 Å². The SMILES string of the molecule is OCc1ccc(-n2cnc3ccccc32)o1. The van der Waals surface area contributed by atoms with E-state index in [2.05, 4.69) is 4.98 Å². The van der Waals surface area contributed by atoms with Gasteiger partial charge in [0.25, 0.3) is 0 Å². The van der Waals surface area contributed by atoms with Crippen LogP contribution in [0, 0.1) is 0 Å². The predicted octanol–water partition coefficient (Wildman–Crippen LogP) is 2.11. The van der Waals surface area contributed by atoms with Crippen molar-refractivity contribution in [1.82, 2.24) is 9.55 Å². The van der Waals surface area contributed by atoms with Gasteiger partial charge in [0.2, 0.25) is 5.88 Å². The van der Waals surface area contributed by atoms with E-state index in [0.29, 0.717) is 11.6 Å². The molecule has 16 heavy (non-hydrogen) atoms. The van der Waals surface area contributed by atoms with E-state index in [1.165, 1.54) is 0 Å². The summed E-state index contributed by atoms with van der Waals surface area (Å²) < 4.78 is 7.31. The summed E-state index contributed by atoms with van der Waals surface area (Å²) >= 11 is 0. The molecule has 0 fully saturated rings. The second-order valence-corrected chi connectivity index (χ2v) is 3.50. The van der Waals surface area contributed by atoms with Gasteiger partial charge in [0.15, 0.2) is 0 Å². The van der Waals surface area contributed by atoms with E-state index in [-0.39, 0.29) is 6.61 Å². The van der Waals surface area contributed by atoms with Crippen molar-refractivity contribution in [2.24, 2.45) is 0 Å². The molecule has 0 saturated heterocycles. The molecular formula is C12H10N2O2. The van der Waals surface area contributed by atoms with E-state index in [1.54, 1.807) is 12.4 Å². The molecule has 2 heterocycles. The highest BCUT2D eigenvalue weighted by Crippen LogP contribution is 2.19. The summed E-state index contributed by atoms with van der Waals surface area (Å²) in [6.07, 6.45) is 1.71. The molecule has 4 nitrogen and oxygen atoms in total. The van der Waals surface area contributed by atoms with Crippen LogP contribution < -0.4 is 0 Å². The van der Waals surface area contributed by atoms with Crippen LogP contribution in [0.2, 0.25) is 0 Å². The number of nitrogens with zero attached hydrogens (tertiary/aromatic N) is 2. The number of imidazole rings is 1. The Hall–Kier alpha value is -2.07. The average molecular weight is 214 g/mol. The number of hydrogen-bond donors (Lipinski definition) is 1. The molecule has 0 atom stereocenters. The van der Waals surface area contributed by atoms with E-state index in [4.69, 9.17) is 9.52 Å². The zero-order valence-corrected chi connectivity index (χ0v) is 8.50. The Bertz CT molecular complexity index is 625. The summed E-state index contributed by atoms with van der Waals surface area (Å²) in [5.74, 6) is 1.21. The number of hydrogen-bond acceptors (Lipinski definition) is 3. The Labute approximate surface area is 91.8 Å². The number of rotatable bonds is 2. The minimum Gasteiger partial charge on any atom is -0.442 e. The van der Waals surface area contributed by atoms with E-state index in [1.807, 2.05) is 34.9 Å². The Morgan fingerprint density at radius 2 is 2.06 bits per heavy atom. The quantitative estimate of drug-likeness (QED) is 0.710. The molecule has 0 unspecified atom stereocenters. The molecule has 0 amide bonds. The summed E-state index contributed by atoms with van der Waals surface area (Å²) in [7, 11) is 0. The van der Waals surface area contributed by atoms with Crippen molar-refractivity contribution < 1.29 is 9.52 Å². The highest BCUT2D eigenvalue weighted by molar-refractivity contribution is 5.76. The fourth-order valence-electron chi connectivity index (χ4n) is 1.72. The summed E-state index contributed by atoms with van der Waals surface area (Å²) in [4.78, 5) is 4.27. The van der Waals surface area contributed by atoms with Gasteiger partial charge in [0.05, 0.1) is 11.0 Å². The predicted molar refractivity (Wildman–Crippen MR) is 59.3 cm³/mol. The van der Waals surface area contributed by atoms with Crippen molar-refractivity contribution >= 4 is 11.0 Å². The maximum Gasteiger partial charge on any atom is 0.205 e. The van der Waals surface area contributed by atoms with Crippen molar-refractivity contribution in [3.05, 3.63) is 48.5 Å². The summed E-state index contributed by atoms with van der Waals surface area (Å²) in [5, 5.41) is 8.94. The van der Waals surface area contributed by atoms with Crippen LogP contribution in [-0.4, -0.2) is 14.7 Å². The van der Waals surface area contributed by atoms with Gasteiger partial charge in [0, 0.05) is 6.07 Å². The van der Waals surface area contributed by atoms with E-state index < -0.39 is 0 Å². The second kappa shape index (κ2) is 3.50. The molecular weight excluding hydrogens is 204 g/mol. The molecule has 0 spiro atoms. The van der Waals surface area contributed by atoms with Crippen molar-refractivity contribution in [3.63, 3.8) is 0 Å². The lowest BCUT2D eigenvalue weighted by molar-refractivity contribution is 0.246. The number of para-hydroxylation sites is 2. The molecule has 0 bridgehead atoms. The minimum atomic E-state index is -0.0906. The third kappa shape index (κ3) is 1.31. The number of fused-ring (bicyclic) bond motifs is 1. The molecule has 0 aliphatic carbocycles. The van der Waals surface area contributed by atoms with E-state index >= 15 is 0 Å². The fourth-order valence-corrected chi connectivity index (χ4v) is 1.72. The summed E-state index contributed by atoms with van der Waals surface area (Å²) in [6.45, 7) is -0.0906. The van der Waals surface area contributed by atoms with Crippen molar-refractivity contribution in [2.75, 3.05) is 0 Å². The van der Waals surface area contributed by atoms with Gasteiger partial charge in [-0.2, -0.15) is 0 Å². The first-order valence-corrected chi connectivity index (χ1v) is 5.00. The van der Waals surface area contributed by atoms with Crippen molar-refractivity contribution in [2.45, 2.75) is 6.61 Å². The molecule has 0 aliphatic rings. The number of furan rings is 1. The summed E-state index contributed by atoms with van der Waals surface area (Å²) in [5.41, 5.74) is 1.91. The maximum atomic E-state index is 8.94. The summed E-state index contributed by atoms with van der Waals surface area (Å²) in [6, 6.07) is 11.4. The highest BCUT2D eigenvalue weighted by atomic mass is 16.4. The Morgan fingerprint density at radius 3 is 2.88 bits per heavy atom. The molecule has 0 saturated carbocycles. The van der Waals surface area contributed by atoms with Crippen LogP contribution in [0.4, 0.5) is 0 Å². The molecule has 1 aromatic carbocycles. The van der Waals surface area contributed by atoms with Crippen molar-refractivity contribution in [1.29, 1.82) is 0 Å². The molecule has 4 heteroatoms. The van der Waals surface area contributed by atoms with Gasteiger partial charge in [-0.3, -0.25) is 4.57 Å². The molecule has 0 radical (unpaired) electrons. The average Bonchev–Trinajstić information content (AvgIpc) is 2.94. The van der Waals surface area contributed by atoms with E-state index in [0.717, 1.165) is 11.0 Å². The van der Waals surface area contributed by atoms with Gasteiger partial charge in [0.1, 0.15) is 18.7 Å². The maximum absolute atomic E-state index is 8.94. The van der Waals surface area contributed by atoms with Gasteiger partial charge in [-0.15, -0.1) is 0 Å². The van der Waals surface area contributed by atoms with E-state index in [9.17, 15) is 0 Å². The Morgan fingerprint density at radius 1 is 1.19 bits per heavy atom. The number of benzene rings is 1. The minimum absolute atomic E-state index is 0.0906. The fraction of sp³-hybridized carbons (Fsp3) is 0.0833. The smallest absolute Gasteiger partial charge is 0.205 e. The van der Waals surface area contributed by atoms with Crippen LogP contribution in [0.15, 0.2) is 47.1 Å². The van der Waals surface area contributed by atoms with Crippen LogP contribution in [0.5, 0.6) is 0 Å². The third-order valence-electron chi connectivity index (χ3n) is 2.49.